The second-order valence-corrected chi connectivity index (χ2v) is 5.05. The molecule has 0 N–H and O–H groups in total. The number of aromatic nitrogens is 3. The number of carbonyl (C=O) groups excluding carboxylic acids is 1. The number of carboxylic acid groups (broad SMARTS) is 1. The summed E-state index contributed by atoms with van der Waals surface area (Å²) in [6, 6.07) is 8.11. The Kier molecular flexibility index (Phi) is 7.54. The monoisotopic (exact) mass is 332 g/mol. The standard InChI is InChI=1S/C14H21N6.C2H4O2/c1-5-20(6-2)13-9-7-12(8-10-13)16-17-14-18(3)11-15-19(14)4;1-2(3)4/h7-11H,5-6H2,1-4H3;1H3,(H,3,4)/q+1;/p-1. The van der Waals surface area contributed by atoms with Gasteiger partial charge < -0.3 is 14.8 Å². The minimum Gasteiger partial charge on any atom is -0.550 e. The third-order valence-electron chi connectivity index (χ3n) is 3.24. The Balaban J connectivity index is 0.000000648. The van der Waals surface area contributed by atoms with Crippen molar-refractivity contribution in [3.63, 3.8) is 0 Å². The first-order valence-corrected chi connectivity index (χ1v) is 7.71. The summed E-state index contributed by atoms with van der Waals surface area (Å²) in [7, 11) is 3.74. The van der Waals surface area contributed by atoms with Crippen molar-refractivity contribution in [3.8, 4) is 0 Å². The predicted octanol–water partition coefficient (Wildman–Crippen LogP) is 1.26. The second-order valence-electron chi connectivity index (χ2n) is 5.05. The number of benzene rings is 1. The van der Waals surface area contributed by atoms with Gasteiger partial charge in [0.15, 0.2) is 0 Å². The Morgan fingerprint density at radius 3 is 2.21 bits per heavy atom. The van der Waals surface area contributed by atoms with E-state index in [1.54, 1.807) is 11.0 Å². The maximum absolute atomic E-state index is 8.89. The second kappa shape index (κ2) is 9.39. The van der Waals surface area contributed by atoms with Crippen LogP contribution in [0.3, 0.4) is 0 Å². The lowest BCUT2D eigenvalue weighted by Gasteiger charge is -2.20. The van der Waals surface area contributed by atoms with Crippen molar-refractivity contribution in [3.05, 3.63) is 30.6 Å². The molecular weight excluding hydrogens is 308 g/mol. The molecule has 0 aliphatic carbocycles. The topological polar surface area (TPSA) is 89.8 Å². The molecule has 0 amide bonds. The van der Waals surface area contributed by atoms with Gasteiger partial charge in [-0.25, -0.2) is 4.57 Å². The van der Waals surface area contributed by atoms with Crippen LogP contribution in [0.15, 0.2) is 40.8 Å². The molecule has 24 heavy (non-hydrogen) atoms. The third-order valence-corrected chi connectivity index (χ3v) is 3.24. The summed E-state index contributed by atoms with van der Waals surface area (Å²) in [4.78, 5) is 11.2. The molecular formula is C16H24N6O2. The van der Waals surface area contributed by atoms with E-state index in [0.717, 1.165) is 25.7 Å². The molecule has 0 atom stereocenters. The number of rotatable bonds is 5. The summed E-state index contributed by atoms with van der Waals surface area (Å²) in [5, 5.41) is 21.5. The van der Waals surface area contributed by atoms with Crippen LogP contribution in [0.25, 0.3) is 0 Å². The summed E-state index contributed by atoms with van der Waals surface area (Å²) >= 11 is 0. The van der Waals surface area contributed by atoms with E-state index in [1.165, 1.54) is 5.69 Å². The molecule has 0 aliphatic rings. The van der Waals surface area contributed by atoms with Gasteiger partial charge in [-0.2, -0.15) is 0 Å². The Labute approximate surface area is 142 Å². The highest BCUT2D eigenvalue weighted by Gasteiger charge is 2.11. The van der Waals surface area contributed by atoms with Crippen LogP contribution in [0.4, 0.5) is 17.3 Å². The fraction of sp³-hybridized carbons (Fsp3) is 0.438. The van der Waals surface area contributed by atoms with E-state index in [0.29, 0.717) is 5.95 Å². The number of carbonyl (C=O) groups is 1. The summed E-state index contributed by atoms with van der Waals surface area (Å²) < 4.78 is 3.52. The van der Waals surface area contributed by atoms with Crippen molar-refractivity contribution < 1.29 is 14.5 Å². The molecule has 2 aromatic rings. The number of anilines is 1. The highest BCUT2D eigenvalue weighted by Crippen LogP contribution is 2.20. The first-order valence-electron chi connectivity index (χ1n) is 7.71. The van der Waals surface area contributed by atoms with E-state index in [1.807, 2.05) is 30.8 Å². The van der Waals surface area contributed by atoms with Crippen molar-refractivity contribution in [1.82, 2.24) is 9.78 Å². The Hall–Kier alpha value is -2.77. The molecule has 0 radical (unpaired) electrons. The molecule has 8 heteroatoms. The molecule has 0 spiro atoms. The summed E-state index contributed by atoms with van der Waals surface area (Å²) in [5.74, 6) is -0.377. The molecule has 1 aromatic heterocycles. The fourth-order valence-corrected chi connectivity index (χ4v) is 2.04. The molecule has 8 nitrogen and oxygen atoms in total. The van der Waals surface area contributed by atoms with Crippen molar-refractivity contribution in [2.75, 3.05) is 18.0 Å². The van der Waals surface area contributed by atoms with Gasteiger partial charge in [-0.1, -0.05) is 5.11 Å². The van der Waals surface area contributed by atoms with E-state index in [2.05, 4.69) is 46.2 Å². The van der Waals surface area contributed by atoms with Crippen LogP contribution in [-0.2, 0) is 18.9 Å². The molecule has 130 valence electrons. The van der Waals surface area contributed by atoms with E-state index >= 15 is 0 Å². The minimum absolute atomic E-state index is 0.706. The van der Waals surface area contributed by atoms with E-state index < -0.39 is 5.97 Å². The molecule has 0 bridgehead atoms. The van der Waals surface area contributed by atoms with Gasteiger partial charge in [-0.15, -0.1) is 4.68 Å². The zero-order valence-corrected chi connectivity index (χ0v) is 14.8. The fourth-order valence-electron chi connectivity index (χ4n) is 2.04. The number of nitrogens with zero attached hydrogens (tertiary/aromatic N) is 6. The third kappa shape index (κ3) is 5.79. The smallest absolute Gasteiger partial charge is 0.403 e. The number of carboxylic acids is 1. The van der Waals surface area contributed by atoms with Crippen LogP contribution >= 0.6 is 0 Å². The van der Waals surface area contributed by atoms with Gasteiger partial charge in [0.1, 0.15) is 0 Å². The zero-order chi connectivity index (χ0) is 18.1. The number of azo groups is 1. The minimum atomic E-state index is -1.08. The van der Waals surface area contributed by atoms with Crippen LogP contribution in [0.1, 0.15) is 20.8 Å². The maximum atomic E-state index is 8.89. The molecule has 0 aliphatic heterocycles. The lowest BCUT2D eigenvalue weighted by atomic mass is 10.2. The Morgan fingerprint density at radius 1 is 1.25 bits per heavy atom. The van der Waals surface area contributed by atoms with Crippen LogP contribution in [0, 0.1) is 0 Å². The van der Waals surface area contributed by atoms with Gasteiger partial charge in [-0.3, -0.25) is 0 Å². The van der Waals surface area contributed by atoms with Gasteiger partial charge in [0.2, 0.25) is 6.33 Å². The Bertz CT molecular complexity index is 651. The number of aliphatic carboxylic acids is 1. The largest absolute Gasteiger partial charge is 0.550 e. The summed E-state index contributed by atoms with van der Waals surface area (Å²) in [5.41, 5.74) is 2.04. The van der Waals surface area contributed by atoms with Crippen molar-refractivity contribution in [2.24, 2.45) is 24.3 Å². The van der Waals surface area contributed by atoms with Gasteiger partial charge in [0, 0.05) is 29.9 Å². The van der Waals surface area contributed by atoms with Gasteiger partial charge in [-0.05, 0) is 50.1 Å². The molecule has 0 fully saturated rings. The lowest BCUT2D eigenvalue weighted by molar-refractivity contribution is -0.659. The van der Waals surface area contributed by atoms with Gasteiger partial charge in [0.25, 0.3) is 0 Å². The number of aryl methyl sites for hydroxylation is 2. The van der Waals surface area contributed by atoms with Crippen molar-refractivity contribution in [1.29, 1.82) is 0 Å². The molecule has 1 heterocycles. The van der Waals surface area contributed by atoms with Crippen molar-refractivity contribution in [2.45, 2.75) is 20.8 Å². The highest BCUT2D eigenvalue weighted by atomic mass is 16.4. The highest BCUT2D eigenvalue weighted by molar-refractivity contribution is 5.60. The van der Waals surface area contributed by atoms with Gasteiger partial charge in [0.05, 0.1) is 19.8 Å². The average Bonchev–Trinajstić information content (AvgIpc) is 2.86. The van der Waals surface area contributed by atoms with Crippen molar-refractivity contribution >= 4 is 23.3 Å². The molecule has 0 unspecified atom stereocenters. The first kappa shape index (κ1) is 19.3. The first-order chi connectivity index (χ1) is 11.4. The number of hydrogen-bond donors (Lipinski definition) is 0. The van der Waals surface area contributed by atoms with E-state index in [4.69, 9.17) is 9.90 Å². The average molecular weight is 332 g/mol. The summed E-state index contributed by atoms with van der Waals surface area (Å²) in [6.45, 7) is 7.28. The summed E-state index contributed by atoms with van der Waals surface area (Å²) in [6.07, 6.45) is 1.71. The number of hydrogen-bond acceptors (Lipinski definition) is 6. The van der Waals surface area contributed by atoms with E-state index in [9.17, 15) is 0 Å². The molecule has 2 rings (SSSR count). The molecule has 1 aromatic carbocycles. The molecule has 0 saturated heterocycles. The van der Waals surface area contributed by atoms with E-state index in [-0.39, 0.29) is 0 Å². The maximum Gasteiger partial charge on any atom is 0.403 e. The normalized spacial score (nSPS) is 10.4. The van der Waals surface area contributed by atoms with Crippen LogP contribution < -0.4 is 14.6 Å². The zero-order valence-electron chi connectivity index (χ0n) is 14.8. The predicted molar refractivity (Wildman–Crippen MR) is 89.2 cm³/mol. The quantitative estimate of drug-likeness (QED) is 0.609. The van der Waals surface area contributed by atoms with Crippen LogP contribution in [-0.4, -0.2) is 28.8 Å². The van der Waals surface area contributed by atoms with Crippen LogP contribution in [0.2, 0.25) is 0 Å². The van der Waals surface area contributed by atoms with Gasteiger partial charge >= 0.3 is 5.95 Å². The SMILES string of the molecule is CC(=O)[O-].CCN(CC)c1ccc(N=Nc2n(C)nc[n+]2C)cc1. The van der Waals surface area contributed by atoms with Crippen LogP contribution in [0.5, 0.6) is 0 Å². The lowest BCUT2D eigenvalue weighted by Crippen LogP contribution is -2.25. The Morgan fingerprint density at radius 2 is 1.79 bits per heavy atom. The molecule has 0 saturated carbocycles.